The van der Waals surface area contributed by atoms with Crippen LogP contribution in [0.3, 0.4) is 0 Å². The molecule has 16 heavy (non-hydrogen) atoms. The number of aldehydes is 1. The fourth-order valence-electron chi connectivity index (χ4n) is 1.02. The molecule has 0 fully saturated rings. The molecule has 1 aromatic heterocycles. The minimum atomic E-state index is -1.20. The van der Waals surface area contributed by atoms with Crippen LogP contribution < -0.4 is 5.32 Å². The standard InChI is InChI=1S/C9H12N2O4S/c1-5(13)10-2-7(14)8(15)9-11-6(3-12)4-16-9/h3-4,7-8,14-15H,2H2,1H3,(H,10,13). The quantitative estimate of drug-likeness (QED) is 0.606. The molecule has 7 heteroatoms. The van der Waals surface area contributed by atoms with E-state index in [4.69, 9.17) is 0 Å². The third-order valence-electron chi connectivity index (χ3n) is 1.84. The Labute approximate surface area is 95.9 Å². The van der Waals surface area contributed by atoms with Gasteiger partial charge in [-0.05, 0) is 0 Å². The predicted molar refractivity (Wildman–Crippen MR) is 57.2 cm³/mol. The summed E-state index contributed by atoms with van der Waals surface area (Å²) in [5.74, 6) is -0.293. The second-order valence-electron chi connectivity index (χ2n) is 3.18. The number of carbonyl (C=O) groups is 2. The fraction of sp³-hybridized carbons (Fsp3) is 0.444. The van der Waals surface area contributed by atoms with E-state index < -0.39 is 12.2 Å². The third-order valence-corrected chi connectivity index (χ3v) is 2.77. The van der Waals surface area contributed by atoms with Crippen LogP contribution in [0.1, 0.15) is 28.5 Å². The van der Waals surface area contributed by atoms with Gasteiger partial charge in [-0.1, -0.05) is 0 Å². The number of thiazole rings is 1. The van der Waals surface area contributed by atoms with Gasteiger partial charge in [-0.15, -0.1) is 11.3 Å². The van der Waals surface area contributed by atoms with Crippen molar-refractivity contribution in [3.05, 3.63) is 16.1 Å². The van der Waals surface area contributed by atoms with E-state index >= 15 is 0 Å². The number of aliphatic hydroxyl groups excluding tert-OH is 2. The first kappa shape index (κ1) is 12.8. The van der Waals surface area contributed by atoms with Crippen LogP contribution >= 0.6 is 11.3 Å². The lowest BCUT2D eigenvalue weighted by molar-refractivity contribution is -0.119. The average molecular weight is 244 g/mol. The van der Waals surface area contributed by atoms with Gasteiger partial charge in [0, 0.05) is 18.8 Å². The minimum Gasteiger partial charge on any atom is -0.388 e. The molecule has 1 rings (SSSR count). The van der Waals surface area contributed by atoms with E-state index in [1.165, 1.54) is 12.3 Å². The molecule has 0 aliphatic heterocycles. The normalized spacial score (nSPS) is 14.2. The Hall–Kier alpha value is -1.31. The maximum absolute atomic E-state index is 10.6. The van der Waals surface area contributed by atoms with E-state index in [0.717, 1.165) is 11.3 Å². The molecule has 88 valence electrons. The lowest BCUT2D eigenvalue weighted by Gasteiger charge is -2.15. The van der Waals surface area contributed by atoms with Crippen molar-refractivity contribution in [1.82, 2.24) is 10.3 Å². The summed E-state index contributed by atoms with van der Waals surface area (Å²) in [6.45, 7) is 1.25. The van der Waals surface area contributed by atoms with Gasteiger partial charge >= 0.3 is 0 Å². The molecule has 0 radical (unpaired) electrons. The highest BCUT2D eigenvalue weighted by Gasteiger charge is 2.21. The van der Waals surface area contributed by atoms with Gasteiger partial charge in [0.25, 0.3) is 0 Å². The third kappa shape index (κ3) is 3.37. The second kappa shape index (κ2) is 5.69. The van der Waals surface area contributed by atoms with Gasteiger partial charge in [0.1, 0.15) is 22.9 Å². The predicted octanol–water partition coefficient (Wildman–Crippen LogP) is -0.514. The second-order valence-corrected chi connectivity index (χ2v) is 4.07. The Morgan fingerprint density at radius 3 is 2.88 bits per heavy atom. The van der Waals surface area contributed by atoms with E-state index in [1.807, 2.05) is 0 Å². The molecular weight excluding hydrogens is 232 g/mol. The number of aromatic nitrogens is 1. The number of carbonyl (C=O) groups excluding carboxylic acids is 2. The van der Waals surface area contributed by atoms with Crippen LogP contribution in [0.5, 0.6) is 0 Å². The molecule has 6 nitrogen and oxygen atoms in total. The fourth-order valence-corrected chi connectivity index (χ4v) is 1.82. The molecule has 0 bridgehead atoms. The monoisotopic (exact) mass is 244 g/mol. The SMILES string of the molecule is CC(=O)NCC(O)C(O)c1nc(C=O)cs1. The Morgan fingerprint density at radius 1 is 1.69 bits per heavy atom. The summed E-state index contributed by atoms with van der Waals surface area (Å²) in [6, 6.07) is 0. The zero-order valence-electron chi connectivity index (χ0n) is 8.58. The summed E-state index contributed by atoms with van der Waals surface area (Å²) in [7, 11) is 0. The summed E-state index contributed by atoms with van der Waals surface area (Å²) in [5.41, 5.74) is 0.214. The van der Waals surface area contributed by atoms with Crippen molar-refractivity contribution in [1.29, 1.82) is 0 Å². The molecule has 2 atom stereocenters. The summed E-state index contributed by atoms with van der Waals surface area (Å²) < 4.78 is 0. The summed E-state index contributed by atoms with van der Waals surface area (Å²) in [6.07, 6.45) is -1.78. The van der Waals surface area contributed by atoms with Crippen molar-refractivity contribution in [2.24, 2.45) is 0 Å². The molecule has 1 amide bonds. The zero-order chi connectivity index (χ0) is 12.1. The molecule has 0 spiro atoms. The molecule has 0 aliphatic rings. The van der Waals surface area contributed by atoms with E-state index in [-0.39, 0.29) is 23.2 Å². The number of nitrogens with one attached hydrogen (secondary N) is 1. The summed E-state index contributed by atoms with van der Waals surface area (Å²) in [5, 5.41) is 23.3. The van der Waals surface area contributed by atoms with Crippen molar-refractivity contribution in [3.8, 4) is 0 Å². The van der Waals surface area contributed by atoms with Crippen molar-refractivity contribution < 1.29 is 19.8 Å². The zero-order valence-corrected chi connectivity index (χ0v) is 9.40. The van der Waals surface area contributed by atoms with E-state index in [2.05, 4.69) is 10.3 Å². The molecule has 3 N–H and O–H groups in total. The first-order valence-electron chi connectivity index (χ1n) is 4.55. The topological polar surface area (TPSA) is 99.5 Å². The number of amides is 1. The van der Waals surface area contributed by atoms with Gasteiger partial charge in [0.05, 0.1) is 0 Å². The maximum Gasteiger partial charge on any atom is 0.216 e. The van der Waals surface area contributed by atoms with Crippen LogP contribution in [0.15, 0.2) is 5.38 Å². The van der Waals surface area contributed by atoms with Crippen molar-refractivity contribution in [2.45, 2.75) is 19.1 Å². The van der Waals surface area contributed by atoms with Crippen LogP contribution in [-0.2, 0) is 4.79 Å². The molecule has 1 heterocycles. The first-order valence-corrected chi connectivity index (χ1v) is 5.43. The molecular formula is C9H12N2O4S. The van der Waals surface area contributed by atoms with Crippen LogP contribution in [0, 0.1) is 0 Å². The van der Waals surface area contributed by atoms with Gasteiger partial charge in [0.15, 0.2) is 6.29 Å². The number of hydrogen-bond donors (Lipinski definition) is 3. The van der Waals surface area contributed by atoms with Gasteiger partial charge in [-0.25, -0.2) is 4.98 Å². The van der Waals surface area contributed by atoms with Gasteiger partial charge in [-0.2, -0.15) is 0 Å². The van der Waals surface area contributed by atoms with E-state index in [0.29, 0.717) is 6.29 Å². The Bertz CT molecular complexity index is 379. The minimum absolute atomic E-state index is 0.0630. The molecule has 0 saturated carbocycles. The lowest BCUT2D eigenvalue weighted by Crippen LogP contribution is -2.34. The summed E-state index contributed by atoms with van der Waals surface area (Å²) in [4.78, 5) is 24.8. The van der Waals surface area contributed by atoms with Crippen molar-refractivity contribution in [3.63, 3.8) is 0 Å². The average Bonchev–Trinajstić information content (AvgIpc) is 2.73. The number of aliphatic hydroxyl groups is 2. The number of rotatable bonds is 5. The van der Waals surface area contributed by atoms with Crippen LogP contribution in [-0.4, -0.2) is 40.0 Å². The highest BCUT2D eigenvalue weighted by Crippen LogP contribution is 2.20. The Morgan fingerprint density at radius 2 is 2.38 bits per heavy atom. The van der Waals surface area contributed by atoms with Gasteiger partial charge in [0.2, 0.25) is 5.91 Å². The van der Waals surface area contributed by atoms with Crippen molar-refractivity contribution in [2.75, 3.05) is 6.54 Å². The van der Waals surface area contributed by atoms with E-state index in [9.17, 15) is 19.8 Å². The Balaban J connectivity index is 2.58. The number of hydrogen-bond acceptors (Lipinski definition) is 6. The molecule has 0 aliphatic carbocycles. The smallest absolute Gasteiger partial charge is 0.216 e. The van der Waals surface area contributed by atoms with Crippen LogP contribution in [0.4, 0.5) is 0 Å². The molecule has 2 unspecified atom stereocenters. The molecule has 0 aromatic carbocycles. The maximum atomic E-state index is 10.6. The van der Waals surface area contributed by atoms with Gasteiger partial charge < -0.3 is 15.5 Å². The van der Waals surface area contributed by atoms with E-state index in [1.54, 1.807) is 0 Å². The highest BCUT2D eigenvalue weighted by atomic mass is 32.1. The molecule has 1 aromatic rings. The van der Waals surface area contributed by atoms with Crippen LogP contribution in [0.25, 0.3) is 0 Å². The number of nitrogens with zero attached hydrogens (tertiary/aromatic N) is 1. The highest BCUT2D eigenvalue weighted by molar-refractivity contribution is 7.09. The lowest BCUT2D eigenvalue weighted by atomic mass is 10.2. The van der Waals surface area contributed by atoms with Crippen molar-refractivity contribution >= 4 is 23.5 Å². The largest absolute Gasteiger partial charge is 0.388 e. The molecule has 0 saturated heterocycles. The van der Waals surface area contributed by atoms with Gasteiger partial charge in [-0.3, -0.25) is 9.59 Å². The summed E-state index contributed by atoms with van der Waals surface area (Å²) >= 11 is 1.08. The first-order chi connectivity index (χ1) is 7.54. The van der Waals surface area contributed by atoms with Crippen LogP contribution in [0.2, 0.25) is 0 Å². The Kier molecular flexibility index (Phi) is 4.53.